The van der Waals surface area contributed by atoms with E-state index >= 15 is 0 Å². The number of carbonyl (C=O) groups is 1. The molecule has 0 unspecified atom stereocenters. The predicted molar refractivity (Wildman–Crippen MR) is 74.5 cm³/mol. The predicted octanol–water partition coefficient (Wildman–Crippen LogP) is 3.26. The summed E-state index contributed by atoms with van der Waals surface area (Å²) in [6, 6.07) is 4.09. The largest absolute Gasteiger partial charge is 0.371 e. The molecule has 108 valence electrons. The maximum absolute atomic E-state index is 13.8. The lowest BCUT2D eigenvalue weighted by atomic mass is 9.99. The van der Waals surface area contributed by atoms with Crippen LogP contribution in [0.1, 0.15) is 36.0 Å². The molecule has 1 heterocycles. The van der Waals surface area contributed by atoms with Gasteiger partial charge in [-0.05, 0) is 31.0 Å². The SMILES string of the molecule is O=C(c1cc(Cl)ccc1F)N1CCOC2(CCCC2)C1. The van der Waals surface area contributed by atoms with Crippen molar-refractivity contribution in [1.82, 2.24) is 4.90 Å². The molecule has 2 fully saturated rings. The van der Waals surface area contributed by atoms with Crippen molar-refractivity contribution >= 4 is 17.5 Å². The molecule has 0 atom stereocenters. The smallest absolute Gasteiger partial charge is 0.257 e. The maximum Gasteiger partial charge on any atom is 0.257 e. The van der Waals surface area contributed by atoms with Crippen LogP contribution in [-0.2, 0) is 4.74 Å². The van der Waals surface area contributed by atoms with Crippen molar-refractivity contribution in [3.8, 4) is 0 Å². The lowest BCUT2D eigenvalue weighted by Crippen LogP contribution is -2.52. The van der Waals surface area contributed by atoms with E-state index in [4.69, 9.17) is 16.3 Å². The highest BCUT2D eigenvalue weighted by Gasteiger charge is 2.41. The quantitative estimate of drug-likeness (QED) is 0.796. The summed E-state index contributed by atoms with van der Waals surface area (Å²) in [5.74, 6) is -0.814. The molecule has 20 heavy (non-hydrogen) atoms. The summed E-state index contributed by atoms with van der Waals surface area (Å²) in [5, 5.41) is 0.374. The van der Waals surface area contributed by atoms with Crippen molar-refractivity contribution in [2.75, 3.05) is 19.7 Å². The molecule has 1 saturated heterocycles. The molecule has 0 aromatic heterocycles. The summed E-state index contributed by atoms with van der Waals surface area (Å²) in [7, 11) is 0. The third kappa shape index (κ3) is 2.54. The third-order valence-electron chi connectivity index (χ3n) is 4.21. The summed E-state index contributed by atoms with van der Waals surface area (Å²) in [4.78, 5) is 14.2. The first-order chi connectivity index (χ1) is 9.60. The summed E-state index contributed by atoms with van der Waals surface area (Å²) >= 11 is 5.86. The molecule has 1 amide bonds. The molecule has 2 aliphatic rings. The Morgan fingerprint density at radius 3 is 2.85 bits per heavy atom. The molecule has 1 spiro atoms. The van der Waals surface area contributed by atoms with Crippen molar-refractivity contribution in [3.05, 3.63) is 34.6 Å². The number of morpholine rings is 1. The third-order valence-corrected chi connectivity index (χ3v) is 4.44. The molecule has 1 aliphatic carbocycles. The average Bonchev–Trinajstić information content (AvgIpc) is 2.88. The number of rotatable bonds is 1. The topological polar surface area (TPSA) is 29.5 Å². The molecule has 3 rings (SSSR count). The highest BCUT2D eigenvalue weighted by atomic mass is 35.5. The van der Waals surface area contributed by atoms with E-state index in [9.17, 15) is 9.18 Å². The number of hydrogen-bond donors (Lipinski definition) is 0. The zero-order valence-electron chi connectivity index (χ0n) is 11.2. The second-order valence-electron chi connectivity index (χ2n) is 5.59. The molecule has 0 bridgehead atoms. The molecule has 1 aromatic rings. The zero-order valence-corrected chi connectivity index (χ0v) is 12.0. The molecule has 1 aromatic carbocycles. The van der Waals surface area contributed by atoms with Crippen LogP contribution in [0.5, 0.6) is 0 Å². The van der Waals surface area contributed by atoms with Crippen LogP contribution in [0.15, 0.2) is 18.2 Å². The fraction of sp³-hybridized carbons (Fsp3) is 0.533. The number of nitrogens with zero attached hydrogens (tertiary/aromatic N) is 1. The van der Waals surface area contributed by atoms with Gasteiger partial charge in [-0.2, -0.15) is 0 Å². The van der Waals surface area contributed by atoms with Gasteiger partial charge in [0.2, 0.25) is 0 Å². The Morgan fingerprint density at radius 1 is 1.35 bits per heavy atom. The maximum atomic E-state index is 13.8. The number of halogens is 2. The summed E-state index contributed by atoms with van der Waals surface area (Å²) in [6.45, 7) is 1.58. The lowest BCUT2D eigenvalue weighted by Gasteiger charge is -2.40. The number of ether oxygens (including phenoxy) is 1. The van der Waals surface area contributed by atoms with E-state index < -0.39 is 5.82 Å². The van der Waals surface area contributed by atoms with Crippen LogP contribution < -0.4 is 0 Å². The van der Waals surface area contributed by atoms with Crippen LogP contribution in [0.3, 0.4) is 0 Å². The molecule has 5 heteroatoms. The summed E-state index contributed by atoms with van der Waals surface area (Å²) in [5.41, 5.74) is -0.157. The molecular weight excluding hydrogens is 281 g/mol. The van der Waals surface area contributed by atoms with E-state index in [-0.39, 0.29) is 17.1 Å². The lowest BCUT2D eigenvalue weighted by molar-refractivity contribution is -0.0949. The molecule has 3 nitrogen and oxygen atoms in total. The normalized spacial score (nSPS) is 21.4. The monoisotopic (exact) mass is 297 g/mol. The molecular formula is C15H17ClFNO2. The average molecular weight is 298 g/mol. The van der Waals surface area contributed by atoms with Crippen molar-refractivity contribution in [1.29, 1.82) is 0 Å². The Hall–Kier alpha value is -1.13. The summed E-state index contributed by atoms with van der Waals surface area (Å²) in [6.07, 6.45) is 4.23. The van der Waals surface area contributed by atoms with E-state index in [1.165, 1.54) is 18.2 Å². The van der Waals surface area contributed by atoms with Gasteiger partial charge in [0.25, 0.3) is 5.91 Å². The highest BCUT2D eigenvalue weighted by molar-refractivity contribution is 6.31. The van der Waals surface area contributed by atoms with E-state index in [1.807, 2.05) is 0 Å². The van der Waals surface area contributed by atoms with Crippen LogP contribution in [0.4, 0.5) is 4.39 Å². The van der Waals surface area contributed by atoms with Crippen molar-refractivity contribution in [3.63, 3.8) is 0 Å². The Balaban J connectivity index is 1.81. The Labute approximate surface area is 122 Å². The second kappa shape index (κ2) is 5.34. The first-order valence-electron chi connectivity index (χ1n) is 6.98. The first kappa shape index (κ1) is 13.8. The van der Waals surface area contributed by atoms with Crippen molar-refractivity contribution in [2.45, 2.75) is 31.3 Å². The van der Waals surface area contributed by atoms with Crippen LogP contribution >= 0.6 is 11.6 Å². The second-order valence-corrected chi connectivity index (χ2v) is 6.03. The minimum Gasteiger partial charge on any atom is -0.371 e. The number of amides is 1. The van der Waals surface area contributed by atoms with E-state index in [2.05, 4.69) is 0 Å². The standard InChI is InChI=1S/C15H17ClFNO2/c16-11-3-4-13(17)12(9-11)14(19)18-7-8-20-15(10-18)5-1-2-6-15/h3-4,9H,1-2,5-8,10H2. The Kier molecular flexibility index (Phi) is 3.69. The number of benzene rings is 1. The van der Waals surface area contributed by atoms with Crippen LogP contribution in [0.25, 0.3) is 0 Å². The van der Waals surface area contributed by atoms with E-state index in [0.29, 0.717) is 24.7 Å². The van der Waals surface area contributed by atoms with E-state index in [0.717, 1.165) is 25.7 Å². The van der Waals surface area contributed by atoms with Gasteiger partial charge in [0.05, 0.1) is 24.3 Å². The summed E-state index contributed by atoms with van der Waals surface area (Å²) < 4.78 is 19.7. The van der Waals surface area contributed by atoms with Crippen LogP contribution in [0, 0.1) is 5.82 Å². The van der Waals surface area contributed by atoms with Gasteiger partial charge < -0.3 is 9.64 Å². The van der Waals surface area contributed by atoms with E-state index in [1.54, 1.807) is 4.90 Å². The van der Waals surface area contributed by atoms with Gasteiger partial charge in [0, 0.05) is 11.6 Å². The molecule has 1 saturated carbocycles. The fourth-order valence-electron chi connectivity index (χ4n) is 3.17. The minimum absolute atomic E-state index is 0.0487. The molecule has 0 radical (unpaired) electrons. The minimum atomic E-state index is -0.522. The molecule has 0 N–H and O–H groups in total. The molecule has 1 aliphatic heterocycles. The Morgan fingerprint density at radius 2 is 2.10 bits per heavy atom. The van der Waals surface area contributed by atoms with Crippen molar-refractivity contribution in [2.24, 2.45) is 0 Å². The van der Waals surface area contributed by atoms with Gasteiger partial charge >= 0.3 is 0 Å². The van der Waals surface area contributed by atoms with Gasteiger partial charge in [-0.1, -0.05) is 24.4 Å². The van der Waals surface area contributed by atoms with Crippen LogP contribution in [0.2, 0.25) is 5.02 Å². The number of hydrogen-bond acceptors (Lipinski definition) is 2. The van der Waals surface area contributed by atoms with Gasteiger partial charge in [-0.3, -0.25) is 4.79 Å². The Bertz CT molecular complexity index is 529. The fourth-order valence-corrected chi connectivity index (χ4v) is 3.34. The van der Waals surface area contributed by atoms with Crippen molar-refractivity contribution < 1.29 is 13.9 Å². The van der Waals surface area contributed by atoms with Crippen LogP contribution in [-0.4, -0.2) is 36.1 Å². The van der Waals surface area contributed by atoms with Gasteiger partial charge in [-0.25, -0.2) is 4.39 Å². The van der Waals surface area contributed by atoms with Gasteiger partial charge in [-0.15, -0.1) is 0 Å². The van der Waals surface area contributed by atoms with Gasteiger partial charge in [0.15, 0.2) is 0 Å². The highest BCUT2D eigenvalue weighted by Crippen LogP contribution is 2.36. The zero-order chi connectivity index (χ0) is 14.2. The number of carbonyl (C=O) groups excluding carboxylic acids is 1. The first-order valence-corrected chi connectivity index (χ1v) is 7.36. The van der Waals surface area contributed by atoms with Gasteiger partial charge in [0.1, 0.15) is 5.82 Å².